The lowest BCUT2D eigenvalue weighted by atomic mass is 10.1. The van der Waals surface area contributed by atoms with E-state index in [2.05, 4.69) is 20.3 Å². The molecule has 0 bridgehead atoms. The smallest absolute Gasteiger partial charge is 0.265 e. The van der Waals surface area contributed by atoms with Crippen molar-refractivity contribution in [3.63, 3.8) is 0 Å². The number of thiophene rings is 1. The van der Waals surface area contributed by atoms with Gasteiger partial charge in [-0.2, -0.15) is 0 Å². The number of para-hydroxylation sites is 1. The zero-order chi connectivity index (χ0) is 20.7. The van der Waals surface area contributed by atoms with Crippen LogP contribution < -0.4 is 10.9 Å². The number of aromatic nitrogens is 4. The molecule has 8 heteroatoms. The van der Waals surface area contributed by atoms with Gasteiger partial charge in [0.2, 0.25) is 0 Å². The number of rotatable bonds is 4. The van der Waals surface area contributed by atoms with E-state index in [4.69, 9.17) is 11.6 Å². The number of fused-ring (bicyclic) bond motifs is 2. The summed E-state index contributed by atoms with van der Waals surface area (Å²) in [6, 6.07) is 15.1. The molecule has 5 aromatic rings. The maximum absolute atomic E-state index is 13.4. The van der Waals surface area contributed by atoms with Crippen molar-refractivity contribution in [1.29, 1.82) is 0 Å². The second kappa shape index (κ2) is 7.51. The number of anilines is 1. The molecule has 0 fully saturated rings. The maximum Gasteiger partial charge on any atom is 0.265 e. The zero-order valence-electron chi connectivity index (χ0n) is 15.9. The van der Waals surface area contributed by atoms with Gasteiger partial charge in [-0.1, -0.05) is 29.8 Å². The number of nitrogens with one attached hydrogen (secondary N) is 1. The standard InChI is InChI=1S/C22H16ClN5OS/c1-13(27-21-20-16(25-12-26-21)8-5-9-24-20)17-10-18-19(15(23)11-30-18)22(29)28(17)14-6-3-2-4-7-14/h2-13H,1H3,(H,25,26,27). The third kappa shape index (κ3) is 3.12. The first-order chi connectivity index (χ1) is 14.6. The second-order valence-corrected chi connectivity index (χ2v) is 8.15. The minimum absolute atomic E-state index is 0.140. The van der Waals surface area contributed by atoms with Gasteiger partial charge in [0.15, 0.2) is 5.82 Å². The Balaban J connectivity index is 1.69. The van der Waals surface area contributed by atoms with E-state index in [0.717, 1.165) is 21.6 Å². The normalized spacial score (nSPS) is 12.3. The number of hydrogen-bond donors (Lipinski definition) is 1. The minimum atomic E-state index is -0.233. The first-order valence-electron chi connectivity index (χ1n) is 9.34. The summed E-state index contributed by atoms with van der Waals surface area (Å²) in [5, 5.41) is 6.22. The predicted octanol–water partition coefficient (Wildman–Crippen LogP) is 5.22. The van der Waals surface area contributed by atoms with Crippen molar-refractivity contribution < 1.29 is 0 Å². The van der Waals surface area contributed by atoms with Crippen LogP contribution in [0.3, 0.4) is 0 Å². The molecule has 0 saturated carbocycles. The Hall–Kier alpha value is -3.29. The van der Waals surface area contributed by atoms with Gasteiger partial charge in [0, 0.05) is 27.7 Å². The van der Waals surface area contributed by atoms with E-state index in [1.54, 1.807) is 16.1 Å². The van der Waals surface area contributed by atoms with Crippen molar-refractivity contribution in [3.05, 3.63) is 87.5 Å². The first-order valence-corrected chi connectivity index (χ1v) is 10.6. The average Bonchev–Trinajstić information content (AvgIpc) is 3.15. The topological polar surface area (TPSA) is 72.7 Å². The van der Waals surface area contributed by atoms with Crippen LogP contribution in [0.2, 0.25) is 5.02 Å². The Morgan fingerprint density at radius 3 is 2.77 bits per heavy atom. The van der Waals surface area contributed by atoms with Crippen molar-refractivity contribution in [2.24, 2.45) is 0 Å². The molecule has 1 atom stereocenters. The SMILES string of the molecule is CC(Nc1ncnc2cccnc12)c1cc2scc(Cl)c2c(=O)n1-c1ccccc1. The molecule has 1 aromatic carbocycles. The van der Waals surface area contributed by atoms with Crippen molar-refractivity contribution in [1.82, 2.24) is 19.5 Å². The monoisotopic (exact) mass is 433 g/mol. The highest BCUT2D eigenvalue weighted by molar-refractivity contribution is 7.17. The highest BCUT2D eigenvalue weighted by atomic mass is 35.5. The lowest BCUT2D eigenvalue weighted by molar-refractivity contribution is 0.774. The summed E-state index contributed by atoms with van der Waals surface area (Å²) in [7, 11) is 0. The van der Waals surface area contributed by atoms with Gasteiger partial charge < -0.3 is 5.32 Å². The Kier molecular flexibility index (Phi) is 4.69. The van der Waals surface area contributed by atoms with Crippen LogP contribution in [0.15, 0.2) is 71.2 Å². The molecule has 0 saturated heterocycles. The molecule has 148 valence electrons. The third-order valence-corrected chi connectivity index (χ3v) is 6.29. The van der Waals surface area contributed by atoms with Gasteiger partial charge in [0.05, 0.1) is 22.0 Å². The molecule has 0 aliphatic carbocycles. The van der Waals surface area contributed by atoms with Crippen LogP contribution in [-0.2, 0) is 0 Å². The second-order valence-electron chi connectivity index (χ2n) is 6.83. The number of benzene rings is 1. The van der Waals surface area contributed by atoms with Crippen molar-refractivity contribution in [2.75, 3.05) is 5.32 Å². The molecular formula is C22H16ClN5OS. The van der Waals surface area contributed by atoms with E-state index < -0.39 is 0 Å². The number of pyridine rings is 2. The van der Waals surface area contributed by atoms with Crippen LogP contribution in [0.25, 0.3) is 26.8 Å². The highest BCUT2D eigenvalue weighted by Crippen LogP contribution is 2.31. The molecule has 0 amide bonds. The fourth-order valence-electron chi connectivity index (χ4n) is 3.53. The summed E-state index contributed by atoms with van der Waals surface area (Å²) < 4.78 is 2.56. The van der Waals surface area contributed by atoms with Crippen molar-refractivity contribution in [3.8, 4) is 5.69 Å². The minimum Gasteiger partial charge on any atom is -0.360 e. The Bertz CT molecular complexity index is 1430. The Morgan fingerprint density at radius 2 is 1.93 bits per heavy atom. The number of halogens is 1. The number of hydrogen-bond acceptors (Lipinski definition) is 6. The van der Waals surface area contributed by atoms with Gasteiger partial charge in [0.25, 0.3) is 5.56 Å². The molecule has 1 unspecified atom stereocenters. The molecule has 1 N–H and O–H groups in total. The zero-order valence-corrected chi connectivity index (χ0v) is 17.5. The van der Waals surface area contributed by atoms with Crippen molar-refractivity contribution >= 4 is 49.9 Å². The van der Waals surface area contributed by atoms with Gasteiger partial charge in [0.1, 0.15) is 11.8 Å². The Morgan fingerprint density at radius 1 is 1.10 bits per heavy atom. The molecule has 5 rings (SSSR count). The molecule has 6 nitrogen and oxygen atoms in total. The molecular weight excluding hydrogens is 418 g/mol. The average molecular weight is 434 g/mol. The van der Waals surface area contributed by atoms with E-state index >= 15 is 0 Å². The molecule has 4 heterocycles. The molecule has 30 heavy (non-hydrogen) atoms. The lowest BCUT2D eigenvalue weighted by Gasteiger charge is -2.21. The quantitative estimate of drug-likeness (QED) is 0.420. The van der Waals surface area contributed by atoms with Gasteiger partial charge in [-0.3, -0.25) is 14.3 Å². The van der Waals surface area contributed by atoms with Gasteiger partial charge in [-0.25, -0.2) is 9.97 Å². The molecule has 0 radical (unpaired) electrons. The summed E-state index contributed by atoms with van der Waals surface area (Å²) in [6.45, 7) is 1.99. The third-order valence-electron chi connectivity index (χ3n) is 4.93. The Labute approximate surface area is 180 Å². The first kappa shape index (κ1) is 18.7. The van der Waals surface area contributed by atoms with Crippen LogP contribution in [0.1, 0.15) is 18.7 Å². The van der Waals surface area contributed by atoms with Crippen LogP contribution >= 0.6 is 22.9 Å². The fraction of sp³-hybridized carbons (Fsp3) is 0.0909. The highest BCUT2D eigenvalue weighted by Gasteiger charge is 2.20. The largest absolute Gasteiger partial charge is 0.360 e. The maximum atomic E-state index is 13.4. The summed E-state index contributed by atoms with van der Waals surface area (Å²) >= 11 is 7.78. The summed E-state index contributed by atoms with van der Waals surface area (Å²) in [5.74, 6) is 0.615. The van der Waals surface area contributed by atoms with Crippen LogP contribution in [0.4, 0.5) is 5.82 Å². The van der Waals surface area contributed by atoms with Crippen LogP contribution in [0.5, 0.6) is 0 Å². The molecule has 4 aromatic heterocycles. The molecule has 0 aliphatic heterocycles. The van der Waals surface area contributed by atoms with Crippen LogP contribution in [-0.4, -0.2) is 19.5 Å². The van der Waals surface area contributed by atoms with E-state index in [0.29, 0.717) is 21.7 Å². The summed E-state index contributed by atoms with van der Waals surface area (Å²) in [4.78, 5) is 26.5. The number of nitrogens with zero attached hydrogens (tertiary/aromatic N) is 4. The van der Waals surface area contributed by atoms with Crippen molar-refractivity contribution in [2.45, 2.75) is 13.0 Å². The van der Waals surface area contributed by atoms with E-state index in [-0.39, 0.29) is 11.6 Å². The summed E-state index contributed by atoms with van der Waals surface area (Å²) in [6.07, 6.45) is 3.22. The fourth-order valence-corrected chi connectivity index (χ4v) is 4.76. The van der Waals surface area contributed by atoms with E-state index in [9.17, 15) is 4.79 Å². The van der Waals surface area contributed by atoms with Gasteiger partial charge >= 0.3 is 0 Å². The van der Waals surface area contributed by atoms with Gasteiger partial charge in [-0.05, 0) is 37.3 Å². The van der Waals surface area contributed by atoms with Crippen LogP contribution in [0, 0.1) is 0 Å². The molecule has 0 spiro atoms. The summed E-state index contributed by atoms with van der Waals surface area (Å²) in [5.41, 5.74) is 2.88. The van der Waals surface area contributed by atoms with Gasteiger partial charge in [-0.15, -0.1) is 11.3 Å². The lowest BCUT2D eigenvalue weighted by Crippen LogP contribution is -2.25. The predicted molar refractivity (Wildman–Crippen MR) is 122 cm³/mol. The van der Waals surface area contributed by atoms with E-state index in [1.165, 1.54) is 17.7 Å². The van der Waals surface area contributed by atoms with E-state index in [1.807, 2.05) is 55.5 Å². The molecule has 0 aliphatic rings.